The molecule has 5 rings (SSSR count). The molecule has 5 heteroatoms. The average Bonchev–Trinajstić information content (AvgIpc) is 2.74. The summed E-state index contributed by atoms with van der Waals surface area (Å²) < 4.78 is 5.77. The number of aliphatic imine (C=N–C) groups is 1. The highest BCUT2D eigenvalue weighted by Gasteiger charge is 2.19. The van der Waals surface area contributed by atoms with Crippen LogP contribution in [0.5, 0.6) is 0 Å². The normalized spacial score (nSPS) is 24.1. The van der Waals surface area contributed by atoms with Crippen LogP contribution < -0.4 is 15.8 Å². The van der Waals surface area contributed by atoms with Crippen LogP contribution in [0, 0.1) is 5.92 Å². The SMILES string of the molecule is CC1CN(c2ccc3cc(C4=CCCC5CC=CN=C5C=C4)c(=O)oc3c2)CCN1. The van der Waals surface area contributed by atoms with E-state index in [0.717, 1.165) is 61.3 Å². The van der Waals surface area contributed by atoms with Gasteiger partial charge in [-0.2, -0.15) is 0 Å². The Morgan fingerprint density at radius 3 is 3.07 bits per heavy atom. The number of benzene rings is 1. The lowest BCUT2D eigenvalue weighted by Gasteiger charge is -2.33. The fraction of sp³-hybridized carbons (Fsp3) is 0.360. The monoisotopic (exact) mass is 401 g/mol. The van der Waals surface area contributed by atoms with Crippen molar-refractivity contribution in [2.24, 2.45) is 10.9 Å². The number of fused-ring (bicyclic) bond motifs is 2. The first-order chi connectivity index (χ1) is 14.7. The first-order valence-electron chi connectivity index (χ1n) is 10.8. The van der Waals surface area contributed by atoms with Gasteiger partial charge in [-0.15, -0.1) is 0 Å². The molecule has 1 N–H and O–H groups in total. The number of nitrogens with zero attached hydrogens (tertiary/aromatic N) is 2. The molecule has 0 radical (unpaired) electrons. The molecule has 1 saturated heterocycles. The van der Waals surface area contributed by atoms with Crippen molar-refractivity contribution < 1.29 is 4.42 Å². The van der Waals surface area contributed by atoms with E-state index in [0.29, 0.717) is 23.1 Å². The van der Waals surface area contributed by atoms with Gasteiger partial charge in [0.1, 0.15) is 5.58 Å². The van der Waals surface area contributed by atoms with E-state index in [1.54, 1.807) is 0 Å². The van der Waals surface area contributed by atoms with Crippen LogP contribution in [0.3, 0.4) is 0 Å². The highest BCUT2D eigenvalue weighted by atomic mass is 16.4. The van der Waals surface area contributed by atoms with Crippen LogP contribution >= 0.6 is 0 Å². The zero-order chi connectivity index (χ0) is 20.5. The molecule has 2 aliphatic heterocycles. The van der Waals surface area contributed by atoms with Crippen molar-refractivity contribution in [2.45, 2.75) is 32.2 Å². The van der Waals surface area contributed by atoms with E-state index in [1.807, 2.05) is 24.4 Å². The molecule has 3 heterocycles. The molecule has 5 nitrogen and oxygen atoms in total. The summed E-state index contributed by atoms with van der Waals surface area (Å²) in [5.74, 6) is 0.475. The fourth-order valence-corrected chi connectivity index (χ4v) is 4.58. The number of hydrogen-bond acceptors (Lipinski definition) is 5. The summed E-state index contributed by atoms with van der Waals surface area (Å²) in [6, 6.07) is 8.59. The lowest BCUT2D eigenvalue weighted by atomic mass is 9.88. The molecule has 2 aromatic rings. The molecule has 30 heavy (non-hydrogen) atoms. The zero-order valence-corrected chi connectivity index (χ0v) is 17.3. The highest BCUT2D eigenvalue weighted by Crippen LogP contribution is 2.28. The molecule has 0 spiro atoms. The van der Waals surface area contributed by atoms with Crippen molar-refractivity contribution in [3.63, 3.8) is 0 Å². The van der Waals surface area contributed by atoms with Gasteiger partial charge in [-0.3, -0.25) is 4.99 Å². The largest absolute Gasteiger partial charge is 0.422 e. The Labute approximate surface area is 176 Å². The average molecular weight is 402 g/mol. The van der Waals surface area contributed by atoms with Crippen molar-refractivity contribution in [3.05, 3.63) is 70.8 Å². The smallest absolute Gasteiger partial charge is 0.344 e. The Bertz CT molecular complexity index is 1140. The van der Waals surface area contributed by atoms with E-state index in [9.17, 15) is 4.79 Å². The van der Waals surface area contributed by atoms with Gasteiger partial charge in [0.05, 0.1) is 5.56 Å². The number of nitrogens with one attached hydrogen (secondary N) is 1. The van der Waals surface area contributed by atoms with Crippen LogP contribution in [0.15, 0.2) is 69.0 Å². The third kappa shape index (κ3) is 3.77. The van der Waals surface area contributed by atoms with Crippen LogP contribution in [0.2, 0.25) is 0 Å². The minimum absolute atomic E-state index is 0.285. The maximum Gasteiger partial charge on any atom is 0.344 e. The van der Waals surface area contributed by atoms with Crippen molar-refractivity contribution in [3.8, 4) is 0 Å². The van der Waals surface area contributed by atoms with Gasteiger partial charge in [-0.1, -0.05) is 18.2 Å². The summed E-state index contributed by atoms with van der Waals surface area (Å²) in [5, 5.41) is 4.41. The summed E-state index contributed by atoms with van der Waals surface area (Å²) in [6.45, 7) is 5.05. The molecular formula is C25H27N3O2. The van der Waals surface area contributed by atoms with Crippen molar-refractivity contribution in [1.29, 1.82) is 0 Å². The summed E-state index contributed by atoms with van der Waals surface area (Å²) >= 11 is 0. The van der Waals surface area contributed by atoms with Crippen molar-refractivity contribution in [2.75, 3.05) is 24.5 Å². The first-order valence-corrected chi connectivity index (χ1v) is 10.8. The number of piperazine rings is 1. The van der Waals surface area contributed by atoms with Gasteiger partial charge in [-0.05, 0) is 56.0 Å². The molecule has 1 fully saturated rings. The lowest BCUT2D eigenvalue weighted by molar-refractivity contribution is 0.484. The molecule has 1 aromatic heterocycles. The summed E-state index contributed by atoms with van der Waals surface area (Å²) in [5.41, 5.74) is 4.10. The minimum Gasteiger partial charge on any atom is -0.422 e. The van der Waals surface area contributed by atoms with E-state index in [-0.39, 0.29) is 5.63 Å². The molecule has 2 unspecified atom stereocenters. The standard InChI is InChI=1S/C25H27N3O2/c1-17-16-28(13-12-26-17)21-9-7-20-14-22(25(29)30-24(20)15-21)18-4-2-5-19-6-3-11-27-23(19)10-8-18/h3-4,7-11,14-15,17,19,26H,2,5-6,12-13,16H2,1H3. The molecule has 154 valence electrons. The Morgan fingerprint density at radius 2 is 2.17 bits per heavy atom. The third-order valence-corrected chi connectivity index (χ3v) is 6.25. The van der Waals surface area contributed by atoms with Gasteiger partial charge in [0, 0.05) is 60.6 Å². The quantitative estimate of drug-likeness (QED) is 0.763. The van der Waals surface area contributed by atoms with E-state index in [4.69, 9.17) is 4.42 Å². The predicted molar refractivity (Wildman–Crippen MR) is 123 cm³/mol. The second-order valence-electron chi connectivity index (χ2n) is 8.41. The van der Waals surface area contributed by atoms with Gasteiger partial charge >= 0.3 is 5.63 Å². The van der Waals surface area contributed by atoms with E-state index in [1.165, 1.54) is 0 Å². The molecular weight excluding hydrogens is 374 g/mol. The Balaban J connectivity index is 1.47. The Morgan fingerprint density at radius 1 is 1.23 bits per heavy atom. The summed E-state index contributed by atoms with van der Waals surface area (Å²) in [7, 11) is 0. The number of hydrogen-bond donors (Lipinski definition) is 1. The molecule has 0 saturated carbocycles. The second kappa shape index (κ2) is 8.07. The Hall–Kier alpha value is -2.92. The van der Waals surface area contributed by atoms with Crippen molar-refractivity contribution in [1.82, 2.24) is 5.32 Å². The summed E-state index contributed by atoms with van der Waals surface area (Å²) in [6.07, 6.45) is 13.2. The van der Waals surface area contributed by atoms with Crippen LogP contribution in [-0.2, 0) is 0 Å². The van der Waals surface area contributed by atoms with Crippen molar-refractivity contribution >= 4 is 27.9 Å². The molecule has 3 aliphatic rings. The van der Waals surface area contributed by atoms with Crippen LogP contribution in [0.25, 0.3) is 16.5 Å². The van der Waals surface area contributed by atoms with Gasteiger partial charge in [-0.25, -0.2) is 4.79 Å². The zero-order valence-electron chi connectivity index (χ0n) is 17.3. The maximum atomic E-state index is 12.8. The van der Waals surface area contributed by atoms with Gasteiger partial charge in [0.15, 0.2) is 0 Å². The fourth-order valence-electron chi connectivity index (χ4n) is 4.58. The van der Waals surface area contributed by atoms with Gasteiger partial charge < -0.3 is 14.6 Å². The van der Waals surface area contributed by atoms with E-state index in [2.05, 4.69) is 52.5 Å². The van der Waals surface area contributed by atoms with Gasteiger partial charge in [0.25, 0.3) is 0 Å². The molecule has 1 aromatic carbocycles. The lowest BCUT2D eigenvalue weighted by Crippen LogP contribution is -2.49. The van der Waals surface area contributed by atoms with E-state index >= 15 is 0 Å². The summed E-state index contributed by atoms with van der Waals surface area (Å²) in [4.78, 5) is 19.7. The number of allylic oxidation sites excluding steroid dienone is 5. The highest BCUT2D eigenvalue weighted by molar-refractivity contribution is 6.00. The Kier molecular flexibility index (Phi) is 5.13. The maximum absolute atomic E-state index is 12.8. The van der Waals surface area contributed by atoms with Gasteiger partial charge in [0.2, 0.25) is 0 Å². The van der Waals surface area contributed by atoms with Crippen LogP contribution in [0.1, 0.15) is 31.7 Å². The molecule has 0 amide bonds. The first kappa shape index (κ1) is 19.1. The number of anilines is 1. The molecule has 1 aliphatic carbocycles. The minimum atomic E-state index is -0.285. The van der Waals surface area contributed by atoms with Crippen LogP contribution in [0.4, 0.5) is 5.69 Å². The molecule has 0 bridgehead atoms. The predicted octanol–water partition coefficient (Wildman–Crippen LogP) is 4.30. The third-order valence-electron chi connectivity index (χ3n) is 6.25. The van der Waals surface area contributed by atoms with Crippen LogP contribution in [-0.4, -0.2) is 31.4 Å². The topological polar surface area (TPSA) is 57.8 Å². The number of rotatable bonds is 2. The molecule has 2 atom stereocenters. The van der Waals surface area contributed by atoms with E-state index < -0.39 is 0 Å². The second-order valence-corrected chi connectivity index (χ2v) is 8.41.